The minimum atomic E-state index is 0.445. The summed E-state index contributed by atoms with van der Waals surface area (Å²) in [6.45, 7) is 5.21. The van der Waals surface area contributed by atoms with Gasteiger partial charge in [-0.1, -0.05) is 18.2 Å². The highest BCUT2D eigenvalue weighted by Gasteiger charge is 2.10. The number of pyridine rings is 1. The fraction of sp³-hybridized carbons (Fsp3) is 0.400. The first-order chi connectivity index (χ1) is 8.63. The van der Waals surface area contributed by atoms with Crippen LogP contribution in [0.4, 0.5) is 5.82 Å². The Morgan fingerprint density at radius 2 is 2.00 bits per heavy atom. The molecule has 1 N–H and O–H groups in total. The average molecular weight is 243 g/mol. The number of aromatic nitrogens is 1. The van der Waals surface area contributed by atoms with Crippen LogP contribution in [0, 0.1) is 0 Å². The number of hydrogen-bond acceptors (Lipinski definition) is 3. The van der Waals surface area contributed by atoms with Gasteiger partial charge >= 0.3 is 0 Å². The predicted molar refractivity (Wildman–Crippen MR) is 78.0 cm³/mol. The van der Waals surface area contributed by atoms with Crippen LogP contribution >= 0.6 is 0 Å². The van der Waals surface area contributed by atoms with Gasteiger partial charge in [0.2, 0.25) is 0 Å². The lowest BCUT2D eigenvalue weighted by molar-refractivity contribution is 0.742. The van der Waals surface area contributed by atoms with Crippen LogP contribution < -0.4 is 10.2 Å². The Kier molecular flexibility index (Phi) is 3.82. The van der Waals surface area contributed by atoms with E-state index in [-0.39, 0.29) is 0 Å². The SMILES string of the molecule is CNCc1cc(N(C)C(C)C)nc2ccccc12. The lowest BCUT2D eigenvalue weighted by atomic mass is 10.1. The number of anilines is 1. The van der Waals surface area contributed by atoms with Gasteiger partial charge in [0.25, 0.3) is 0 Å². The van der Waals surface area contributed by atoms with Gasteiger partial charge in [0.1, 0.15) is 5.82 Å². The van der Waals surface area contributed by atoms with E-state index in [4.69, 9.17) is 4.98 Å². The Hall–Kier alpha value is -1.61. The minimum absolute atomic E-state index is 0.445. The van der Waals surface area contributed by atoms with E-state index in [0.717, 1.165) is 17.9 Å². The van der Waals surface area contributed by atoms with Crippen molar-refractivity contribution in [1.29, 1.82) is 0 Å². The molecular formula is C15H21N3. The average Bonchev–Trinajstić information content (AvgIpc) is 2.38. The van der Waals surface area contributed by atoms with Gasteiger partial charge < -0.3 is 10.2 Å². The van der Waals surface area contributed by atoms with Crippen LogP contribution in [0.5, 0.6) is 0 Å². The molecule has 3 nitrogen and oxygen atoms in total. The Morgan fingerprint density at radius 3 is 2.67 bits per heavy atom. The van der Waals surface area contributed by atoms with Crippen LogP contribution in [0.2, 0.25) is 0 Å². The quantitative estimate of drug-likeness (QED) is 0.895. The molecule has 2 rings (SSSR count). The molecule has 3 heteroatoms. The molecule has 0 atom stereocenters. The van der Waals surface area contributed by atoms with Gasteiger partial charge in [-0.3, -0.25) is 0 Å². The van der Waals surface area contributed by atoms with E-state index in [9.17, 15) is 0 Å². The lowest BCUT2D eigenvalue weighted by Gasteiger charge is -2.23. The highest BCUT2D eigenvalue weighted by Crippen LogP contribution is 2.23. The van der Waals surface area contributed by atoms with E-state index >= 15 is 0 Å². The van der Waals surface area contributed by atoms with Crippen molar-refractivity contribution in [3.8, 4) is 0 Å². The molecule has 0 radical (unpaired) electrons. The summed E-state index contributed by atoms with van der Waals surface area (Å²) in [7, 11) is 4.06. The molecule has 1 aromatic heterocycles. The fourth-order valence-electron chi connectivity index (χ4n) is 2.01. The van der Waals surface area contributed by atoms with Crippen molar-refractivity contribution < 1.29 is 0 Å². The molecule has 18 heavy (non-hydrogen) atoms. The maximum Gasteiger partial charge on any atom is 0.129 e. The minimum Gasteiger partial charge on any atom is -0.357 e. The van der Waals surface area contributed by atoms with E-state index in [1.54, 1.807) is 0 Å². The van der Waals surface area contributed by atoms with E-state index in [1.807, 2.05) is 13.1 Å². The molecule has 0 aliphatic rings. The standard InChI is InChI=1S/C15H21N3/c1-11(2)18(4)15-9-12(10-16-3)13-7-5-6-8-14(13)17-15/h5-9,11,16H,10H2,1-4H3. The van der Waals surface area contributed by atoms with Crippen molar-refractivity contribution in [3.05, 3.63) is 35.9 Å². The summed E-state index contributed by atoms with van der Waals surface area (Å²) in [5.74, 6) is 1.04. The lowest BCUT2D eigenvalue weighted by Crippen LogP contribution is -2.26. The Labute approximate surface area is 109 Å². The van der Waals surface area contributed by atoms with E-state index in [2.05, 4.69) is 55.4 Å². The van der Waals surface area contributed by atoms with Crippen molar-refractivity contribution in [1.82, 2.24) is 10.3 Å². The zero-order chi connectivity index (χ0) is 13.1. The highest BCUT2D eigenvalue weighted by molar-refractivity contribution is 5.84. The van der Waals surface area contributed by atoms with Gasteiger partial charge in [0, 0.05) is 25.0 Å². The first kappa shape index (κ1) is 12.8. The van der Waals surface area contributed by atoms with Crippen LogP contribution in [0.15, 0.2) is 30.3 Å². The fourth-order valence-corrected chi connectivity index (χ4v) is 2.01. The monoisotopic (exact) mass is 243 g/mol. The van der Waals surface area contributed by atoms with Crippen molar-refractivity contribution in [2.45, 2.75) is 26.4 Å². The molecule has 1 aromatic carbocycles. The van der Waals surface area contributed by atoms with Crippen molar-refractivity contribution >= 4 is 16.7 Å². The third-order valence-electron chi connectivity index (χ3n) is 3.29. The Morgan fingerprint density at radius 1 is 1.28 bits per heavy atom. The summed E-state index contributed by atoms with van der Waals surface area (Å²) < 4.78 is 0. The van der Waals surface area contributed by atoms with Crippen LogP contribution in [0.1, 0.15) is 19.4 Å². The van der Waals surface area contributed by atoms with Crippen LogP contribution in [-0.4, -0.2) is 25.1 Å². The summed E-state index contributed by atoms with van der Waals surface area (Å²) in [5, 5.41) is 4.45. The maximum absolute atomic E-state index is 4.74. The normalized spacial score (nSPS) is 11.2. The molecule has 96 valence electrons. The van der Waals surface area contributed by atoms with Gasteiger partial charge in [0.15, 0.2) is 0 Å². The molecule has 0 aliphatic heterocycles. The third-order valence-corrected chi connectivity index (χ3v) is 3.29. The maximum atomic E-state index is 4.74. The van der Waals surface area contributed by atoms with Gasteiger partial charge in [0.05, 0.1) is 5.52 Å². The summed E-state index contributed by atoms with van der Waals surface area (Å²) >= 11 is 0. The number of para-hydroxylation sites is 1. The number of benzene rings is 1. The zero-order valence-electron chi connectivity index (χ0n) is 11.6. The first-order valence-electron chi connectivity index (χ1n) is 6.39. The highest BCUT2D eigenvalue weighted by atomic mass is 15.2. The molecule has 0 aliphatic carbocycles. The van der Waals surface area contributed by atoms with Crippen molar-refractivity contribution in [2.24, 2.45) is 0 Å². The Bertz CT molecular complexity index is 534. The number of fused-ring (bicyclic) bond motifs is 1. The third kappa shape index (κ3) is 2.46. The summed E-state index contributed by atoms with van der Waals surface area (Å²) in [5.41, 5.74) is 2.36. The molecule has 0 unspecified atom stereocenters. The van der Waals surface area contributed by atoms with E-state index in [0.29, 0.717) is 6.04 Å². The van der Waals surface area contributed by atoms with Gasteiger partial charge in [-0.25, -0.2) is 4.98 Å². The van der Waals surface area contributed by atoms with E-state index < -0.39 is 0 Å². The molecule has 0 saturated carbocycles. The number of rotatable bonds is 4. The number of hydrogen-bond donors (Lipinski definition) is 1. The molecule has 2 aromatic rings. The van der Waals surface area contributed by atoms with Gasteiger partial charge in [-0.15, -0.1) is 0 Å². The first-order valence-corrected chi connectivity index (χ1v) is 6.39. The predicted octanol–water partition coefficient (Wildman–Crippen LogP) is 2.80. The second-order valence-electron chi connectivity index (χ2n) is 4.89. The van der Waals surface area contributed by atoms with E-state index in [1.165, 1.54) is 10.9 Å². The van der Waals surface area contributed by atoms with Crippen LogP contribution in [0.3, 0.4) is 0 Å². The second kappa shape index (κ2) is 5.36. The summed E-state index contributed by atoms with van der Waals surface area (Å²) in [6.07, 6.45) is 0. The molecule has 0 bridgehead atoms. The molecular weight excluding hydrogens is 222 g/mol. The van der Waals surface area contributed by atoms with Crippen LogP contribution in [0.25, 0.3) is 10.9 Å². The zero-order valence-corrected chi connectivity index (χ0v) is 11.6. The number of nitrogens with zero attached hydrogens (tertiary/aromatic N) is 2. The van der Waals surface area contributed by atoms with Crippen molar-refractivity contribution in [3.63, 3.8) is 0 Å². The molecule has 0 fully saturated rings. The van der Waals surface area contributed by atoms with Gasteiger partial charge in [-0.2, -0.15) is 0 Å². The summed E-state index contributed by atoms with van der Waals surface area (Å²) in [4.78, 5) is 6.94. The molecule has 1 heterocycles. The second-order valence-corrected chi connectivity index (χ2v) is 4.89. The molecule has 0 spiro atoms. The number of nitrogens with one attached hydrogen (secondary N) is 1. The van der Waals surface area contributed by atoms with Crippen molar-refractivity contribution in [2.75, 3.05) is 19.0 Å². The molecule has 0 amide bonds. The largest absolute Gasteiger partial charge is 0.357 e. The Balaban J connectivity index is 2.56. The smallest absolute Gasteiger partial charge is 0.129 e. The van der Waals surface area contributed by atoms with Gasteiger partial charge in [-0.05, 0) is 38.6 Å². The summed E-state index contributed by atoms with van der Waals surface area (Å²) in [6, 6.07) is 10.9. The topological polar surface area (TPSA) is 28.2 Å². The van der Waals surface area contributed by atoms with Crippen LogP contribution in [-0.2, 0) is 6.54 Å². The molecule has 0 saturated heterocycles.